The molecule has 0 amide bonds. The number of imidazole rings is 1. The molecule has 1 aliphatic heterocycles. The minimum atomic E-state index is -0.815. The van der Waals surface area contributed by atoms with Crippen LogP contribution in [0.25, 0.3) is 11.0 Å². The van der Waals surface area contributed by atoms with E-state index in [1.165, 1.54) is 12.5 Å². The number of rotatable bonds is 2. The second-order valence-corrected chi connectivity index (χ2v) is 6.02. The Labute approximate surface area is 144 Å². The molecule has 0 radical (unpaired) electrons. The van der Waals surface area contributed by atoms with Gasteiger partial charge in [0, 0.05) is 12.6 Å². The fourth-order valence-electron chi connectivity index (χ4n) is 2.70. The zero-order valence-corrected chi connectivity index (χ0v) is 15.8. The quantitative estimate of drug-likeness (QED) is 0.695. The van der Waals surface area contributed by atoms with Crippen LogP contribution in [-0.2, 0) is 0 Å². The molecule has 2 aromatic rings. The molecule has 1 saturated heterocycles. The smallest absolute Gasteiger partial charge is 0.206 e. The third-order valence-corrected chi connectivity index (χ3v) is 3.58. The van der Waals surface area contributed by atoms with Crippen molar-refractivity contribution < 1.29 is 8.78 Å². The summed E-state index contributed by atoms with van der Waals surface area (Å²) in [4.78, 5) is 6.30. The van der Waals surface area contributed by atoms with Crippen LogP contribution in [0.15, 0.2) is 18.2 Å². The highest BCUT2D eigenvalue weighted by molar-refractivity contribution is 5.79. The second kappa shape index (κ2) is 9.60. The maximum atomic E-state index is 13.8. The Hall–Kier alpha value is -1.65. The first-order valence-corrected chi connectivity index (χ1v) is 9.05. The van der Waals surface area contributed by atoms with Gasteiger partial charge in [0.05, 0.1) is 12.1 Å². The number of fused-ring (bicyclic) bond motifs is 1. The first kappa shape index (κ1) is 20.4. The molecule has 1 aromatic heterocycles. The number of anilines is 1. The lowest BCUT2D eigenvalue weighted by Crippen LogP contribution is -2.24. The van der Waals surface area contributed by atoms with Gasteiger partial charge in [-0.3, -0.25) is 0 Å². The average molecular weight is 339 g/mol. The highest BCUT2D eigenvalue weighted by Crippen LogP contribution is 2.30. The molecule has 0 saturated carbocycles. The summed E-state index contributed by atoms with van der Waals surface area (Å²) < 4.78 is 29.2. The molecular weight excluding hydrogens is 308 g/mol. The van der Waals surface area contributed by atoms with Gasteiger partial charge in [-0.05, 0) is 32.4 Å². The summed E-state index contributed by atoms with van der Waals surface area (Å²) >= 11 is 0. The van der Waals surface area contributed by atoms with Gasteiger partial charge >= 0.3 is 0 Å². The van der Waals surface area contributed by atoms with Crippen molar-refractivity contribution in [1.82, 2.24) is 9.55 Å². The molecule has 136 valence electrons. The van der Waals surface area contributed by atoms with Crippen molar-refractivity contribution in [2.45, 2.75) is 66.6 Å². The van der Waals surface area contributed by atoms with E-state index in [1.54, 1.807) is 6.07 Å². The van der Waals surface area contributed by atoms with Gasteiger partial charge in [0.2, 0.25) is 5.95 Å². The molecule has 0 spiro atoms. The molecule has 3 nitrogen and oxygen atoms in total. The van der Waals surface area contributed by atoms with Crippen molar-refractivity contribution in [3.63, 3.8) is 0 Å². The summed E-state index contributed by atoms with van der Waals surface area (Å²) in [5, 5.41) is 0. The van der Waals surface area contributed by atoms with Crippen LogP contribution in [-0.4, -0.2) is 28.8 Å². The summed E-state index contributed by atoms with van der Waals surface area (Å²) in [6.45, 7) is 13.3. The summed E-state index contributed by atoms with van der Waals surface area (Å²) in [6.07, 6.45) is 0.953. The molecule has 5 heteroatoms. The average Bonchev–Trinajstić information content (AvgIpc) is 3.14. The SMILES string of the molecule is CC.CC(C)n1c(N2CC[C@@H](F)C2)nc2c(F)cccc21.CCC. The van der Waals surface area contributed by atoms with E-state index >= 15 is 0 Å². The first-order valence-electron chi connectivity index (χ1n) is 9.05. The van der Waals surface area contributed by atoms with Crippen LogP contribution >= 0.6 is 0 Å². The van der Waals surface area contributed by atoms with Gasteiger partial charge in [-0.15, -0.1) is 0 Å². The minimum absolute atomic E-state index is 0.153. The number of hydrogen-bond acceptors (Lipinski definition) is 2. The highest BCUT2D eigenvalue weighted by Gasteiger charge is 2.27. The molecule has 24 heavy (non-hydrogen) atoms. The lowest BCUT2D eigenvalue weighted by atomic mass is 10.3. The van der Waals surface area contributed by atoms with Crippen LogP contribution in [0.2, 0.25) is 0 Å². The van der Waals surface area contributed by atoms with Crippen LogP contribution < -0.4 is 4.90 Å². The van der Waals surface area contributed by atoms with Gasteiger partial charge in [-0.2, -0.15) is 0 Å². The Morgan fingerprint density at radius 3 is 2.38 bits per heavy atom. The first-order chi connectivity index (χ1) is 11.5. The molecule has 3 rings (SSSR count). The maximum absolute atomic E-state index is 13.8. The molecule has 0 bridgehead atoms. The highest BCUT2D eigenvalue weighted by atomic mass is 19.1. The van der Waals surface area contributed by atoms with E-state index in [1.807, 2.05) is 43.2 Å². The normalized spacial score (nSPS) is 16.7. The number of alkyl halides is 1. The van der Waals surface area contributed by atoms with Gasteiger partial charge in [-0.25, -0.2) is 13.8 Å². The molecule has 0 N–H and O–H groups in total. The molecule has 1 fully saturated rings. The Morgan fingerprint density at radius 1 is 1.25 bits per heavy atom. The Balaban J connectivity index is 0.000000521. The summed E-state index contributed by atoms with van der Waals surface area (Å²) in [5.41, 5.74) is 1.14. The van der Waals surface area contributed by atoms with E-state index in [-0.39, 0.29) is 11.9 Å². The molecule has 2 heterocycles. The van der Waals surface area contributed by atoms with Crippen molar-refractivity contribution in [2.75, 3.05) is 18.0 Å². The van der Waals surface area contributed by atoms with E-state index in [0.717, 1.165) is 5.52 Å². The van der Waals surface area contributed by atoms with Gasteiger partial charge in [0.25, 0.3) is 0 Å². The van der Waals surface area contributed by atoms with Crippen molar-refractivity contribution in [1.29, 1.82) is 0 Å². The fraction of sp³-hybridized carbons (Fsp3) is 0.632. The van der Waals surface area contributed by atoms with Gasteiger partial charge in [0.15, 0.2) is 5.82 Å². The summed E-state index contributed by atoms with van der Waals surface area (Å²) in [5.74, 6) is 0.351. The zero-order valence-electron chi connectivity index (χ0n) is 15.8. The van der Waals surface area contributed by atoms with E-state index in [4.69, 9.17) is 0 Å². The third-order valence-electron chi connectivity index (χ3n) is 3.58. The lowest BCUT2D eigenvalue weighted by molar-refractivity contribution is 0.364. The van der Waals surface area contributed by atoms with Crippen LogP contribution in [0, 0.1) is 5.82 Å². The van der Waals surface area contributed by atoms with Crippen molar-refractivity contribution >= 4 is 17.0 Å². The van der Waals surface area contributed by atoms with Crippen LogP contribution in [0.3, 0.4) is 0 Å². The van der Waals surface area contributed by atoms with Crippen LogP contribution in [0.4, 0.5) is 14.7 Å². The number of benzene rings is 1. The van der Waals surface area contributed by atoms with Gasteiger partial charge in [0.1, 0.15) is 11.7 Å². The monoisotopic (exact) mass is 339 g/mol. The zero-order chi connectivity index (χ0) is 18.3. The number of para-hydroxylation sites is 1. The van der Waals surface area contributed by atoms with E-state index in [2.05, 4.69) is 18.8 Å². The van der Waals surface area contributed by atoms with Crippen molar-refractivity contribution in [3.05, 3.63) is 24.0 Å². The fourth-order valence-corrected chi connectivity index (χ4v) is 2.70. The predicted octanol–water partition coefficient (Wildman–Crippen LogP) is 5.75. The number of halogens is 2. The Bertz CT molecular complexity index is 622. The van der Waals surface area contributed by atoms with Crippen molar-refractivity contribution in [2.24, 2.45) is 0 Å². The molecule has 1 aromatic carbocycles. The number of hydrogen-bond donors (Lipinski definition) is 0. The molecule has 0 unspecified atom stereocenters. The largest absolute Gasteiger partial charge is 0.339 e. The lowest BCUT2D eigenvalue weighted by Gasteiger charge is -2.20. The molecule has 1 aliphatic rings. The van der Waals surface area contributed by atoms with Gasteiger partial charge < -0.3 is 9.47 Å². The predicted molar refractivity (Wildman–Crippen MR) is 99.1 cm³/mol. The topological polar surface area (TPSA) is 21.1 Å². The molecule has 1 atom stereocenters. The summed E-state index contributed by atoms with van der Waals surface area (Å²) in [6, 6.07) is 5.11. The van der Waals surface area contributed by atoms with E-state index in [0.29, 0.717) is 31.0 Å². The van der Waals surface area contributed by atoms with Crippen LogP contribution in [0.5, 0.6) is 0 Å². The number of nitrogens with zero attached hydrogens (tertiary/aromatic N) is 3. The maximum Gasteiger partial charge on any atom is 0.206 e. The standard InChI is InChI=1S/C14H17F2N3.C3H8.C2H6/c1-9(2)19-12-5-3-4-11(16)13(12)17-14(19)18-7-6-10(15)8-18;1-3-2;1-2/h3-5,9-10H,6-8H2,1-2H3;3H2,1-2H3;1-2H3/t10-;;/m1../s1. The van der Waals surface area contributed by atoms with Gasteiger partial charge in [-0.1, -0.05) is 40.2 Å². The minimum Gasteiger partial charge on any atom is -0.339 e. The third kappa shape index (κ3) is 4.46. The van der Waals surface area contributed by atoms with Crippen LogP contribution in [0.1, 0.15) is 60.4 Å². The number of aromatic nitrogens is 2. The Morgan fingerprint density at radius 2 is 1.88 bits per heavy atom. The second-order valence-electron chi connectivity index (χ2n) is 6.02. The molecule has 0 aliphatic carbocycles. The summed E-state index contributed by atoms with van der Waals surface area (Å²) in [7, 11) is 0. The van der Waals surface area contributed by atoms with E-state index < -0.39 is 6.17 Å². The van der Waals surface area contributed by atoms with Crippen molar-refractivity contribution in [3.8, 4) is 0 Å². The Kier molecular flexibility index (Phi) is 8.16. The molecular formula is C19H31F2N3. The van der Waals surface area contributed by atoms with E-state index in [9.17, 15) is 8.78 Å².